The molecule has 1 aliphatic rings. The standard InChI is InChI=1S/C16H24N4O/c1-10(2)20-14-5-4-12(7-13(14)18-16(20)21)15-6-11(8-17)9-19(15)3/h4-5,7,10-11,15H,6,8-9,17H2,1-3H3,(H,18,21). The molecule has 21 heavy (non-hydrogen) atoms. The van der Waals surface area contributed by atoms with Crippen LogP contribution >= 0.6 is 0 Å². The van der Waals surface area contributed by atoms with Gasteiger partial charge in [0.25, 0.3) is 0 Å². The lowest BCUT2D eigenvalue weighted by Gasteiger charge is -2.19. The van der Waals surface area contributed by atoms with E-state index in [4.69, 9.17) is 5.73 Å². The summed E-state index contributed by atoms with van der Waals surface area (Å²) in [5.74, 6) is 0.565. The quantitative estimate of drug-likeness (QED) is 0.906. The number of nitrogens with one attached hydrogen (secondary N) is 1. The number of benzene rings is 1. The Morgan fingerprint density at radius 2 is 2.19 bits per heavy atom. The van der Waals surface area contributed by atoms with Gasteiger partial charge >= 0.3 is 5.69 Å². The first-order valence-electron chi connectivity index (χ1n) is 7.65. The number of aromatic amines is 1. The smallest absolute Gasteiger partial charge is 0.326 e. The highest BCUT2D eigenvalue weighted by Crippen LogP contribution is 2.34. The number of hydrogen-bond acceptors (Lipinski definition) is 3. The van der Waals surface area contributed by atoms with Gasteiger partial charge in [-0.05, 0) is 57.5 Å². The summed E-state index contributed by atoms with van der Waals surface area (Å²) in [6.45, 7) is 5.84. The maximum atomic E-state index is 12.1. The fourth-order valence-corrected chi connectivity index (χ4v) is 3.53. The van der Waals surface area contributed by atoms with Crippen LogP contribution in [-0.4, -0.2) is 34.6 Å². The second kappa shape index (κ2) is 5.31. The molecule has 0 aliphatic carbocycles. The average Bonchev–Trinajstić information content (AvgIpc) is 2.96. The van der Waals surface area contributed by atoms with Crippen LogP contribution in [0.15, 0.2) is 23.0 Å². The van der Waals surface area contributed by atoms with Crippen molar-refractivity contribution in [2.24, 2.45) is 11.7 Å². The second-order valence-electron chi connectivity index (χ2n) is 6.46. The number of rotatable bonds is 3. The predicted molar refractivity (Wildman–Crippen MR) is 85.5 cm³/mol. The van der Waals surface area contributed by atoms with Crippen molar-refractivity contribution in [3.63, 3.8) is 0 Å². The minimum atomic E-state index is -0.0308. The molecule has 1 aliphatic heterocycles. The monoisotopic (exact) mass is 288 g/mol. The molecule has 5 heteroatoms. The summed E-state index contributed by atoms with van der Waals surface area (Å²) in [7, 11) is 2.15. The molecule has 1 aromatic heterocycles. The Morgan fingerprint density at radius 1 is 1.43 bits per heavy atom. The van der Waals surface area contributed by atoms with Crippen LogP contribution < -0.4 is 11.4 Å². The maximum Gasteiger partial charge on any atom is 0.326 e. The molecule has 0 radical (unpaired) electrons. The van der Waals surface area contributed by atoms with E-state index in [-0.39, 0.29) is 11.7 Å². The van der Waals surface area contributed by atoms with Gasteiger partial charge < -0.3 is 10.7 Å². The number of nitrogens with zero attached hydrogens (tertiary/aromatic N) is 2. The number of nitrogens with two attached hydrogens (primary N) is 1. The molecule has 0 amide bonds. The summed E-state index contributed by atoms with van der Waals surface area (Å²) in [4.78, 5) is 17.4. The van der Waals surface area contributed by atoms with Crippen molar-refractivity contribution in [3.05, 3.63) is 34.2 Å². The van der Waals surface area contributed by atoms with E-state index in [0.717, 1.165) is 30.5 Å². The number of hydrogen-bond donors (Lipinski definition) is 2. The summed E-state index contributed by atoms with van der Waals surface area (Å²) in [6, 6.07) is 6.89. The van der Waals surface area contributed by atoms with E-state index in [0.29, 0.717) is 12.0 Å². The maximum absolute atomic E-state index is 12.1. The molecule has 0 bridgehead atoms. The van der Waals surface area contributed by atoms with Crippen molar-refractivity contribution in [3.8, 4) is 0 Å². The molecule has 0 spiro atoms. The third kappa shape index (κ3) is 2.40. The summed E-state index contributed by atoms with van der Waals surface area (Å²) >= 11 is 0. The van der Waals surface area contributed by atoms with Crippen LogP contribution in [0.4, 0.5) is 0 Å². The van der Waals surface area contributed by atoms with Gasteiger partial charge in [0.1, 0.15) is 0 Å². The van der Waals surface area contributed by atoms with E-state index in [1.165, 1.54) is 5.56 Å². The Bertz CT molecular complexity index is 700. The molecular weight excluding hydrogens is 264 g/mol. The molecule has 0 saturated carbocycles. The van der Waals surface area contributed by atoms with Crippen molar-refractivity contribution < 1.29 is 0 Å². The van der Waals surface area contributed by atoms with Gasteiger partial charge in [-0.3, -0.25) is 9.47 Å². The van der Waals surface area contributed by atoms with Crippen LogP contribution in [0, 0.1) is 5.92 Å². The van der Waals surface area contributed by atoms with Gasteiger partial charge in [0.05, 0.1) is 11.0 Å². The summed E-state index contributed by atoms with van der Waals surface area (Å²) in [6.07, 6.45) is 1.09. The lowest BCUT2D eigenvalue weighted by molar-refractivity contribution is 0.314. The zero-order chi connectivity index (χ0) is 15.1. The van der Waals surface area contributed by atoms with Crippen LogP contribution in [0.5, 0.6) is 0 Å². The first kappa shape index (κ1) is 14.4. The Labute approximate surface area is 124 Å². The van der Waals surface area contributed by atoms with E-state index < -0.39 is 0 Å². The fourth-order valence-electron chi connectivity index (χ4n) is 3.53. The van der Waals surface area contributed by atoms with Crippen LogP contribution in [0.3, 0.4) is 0 Å². The first-order valence-corrected chi connectivity index (χ1v) is 7.65. The normalized spacial score (nSPS) is 23.5. The van der Waals surface area contributed by atoms with E-state index in [1.807, 2.05) is 13.8 Å². The molecule has 1 aromatic carbocycles. The van der Waals surface area contributed by atoms with E-state index in [1.54, 1.807) is 4.57 Å². The van der Waals surface area contributed by atoms with Crippen molar-refractivity contribution in [1.82, 2.24) is 14.5 Å². The van der Waals surface area contributed by atoms with Crippen LogP contribution in [0.2, 0.25) is 0 Å². The second-order valence-corrected chi connectivity index (χ2v) is 6.46. The zero-order valence-corrected chi connectivity index (χ0v) is 13.0. The fraction of sp³-hybridized carbons (Fsp3) is 0.562. The Hall–Kier alpha value is -1.59. The Morgan fingerprint density at radius 3 is 2.81 bits per heavy atom. The SMILES string of the molecule is CC(C)n1c(=O)[nH]c2cc(C3CC(CN)CN3C)ccc21. The van der Waals surface area contributed by atoms with Gasteiger partial charge in [0, 0.05) is 18.6 Å². The van der Waals surface area contributed by atoms with Gasteiger partial charge in [-0.15, -0.1) is 0 Å². The highest BCUT2D eigenvalue weighted by molar-refractivity contribution is 5.76. The highest BCUT2D eigenvalue weighted by atomic mass is 16.1. The third-order valence-corrected chi connectivity index (χ3v) is 4.61. The minimum Gasteiger partial charge on any atom is -0.330 e. The number of likely N-dealkylation sites (tertiary alicyclic amines) is 1. The highest BCUT2D eigenvalue weighted by Gasteiger charge is 2.29. The van der Waals surface area contributed by atoms with Crippen LogP contribution in [-0.2, 0) is 0 Å². The summed E-state index contributed by atoms with van der Waals surface area (Å²) in [5, 5.41) is 0. The molecular formula is C16H24N4O. The molecule has 3 rings (SSSR count). The predicted octanol–water partition coefficient (Wildman–Crippen LogP) is 1.86. The number of aromatic nitrogens is 2. The topological polar surface area (TPSA) is 67.0 Å². The Kier molecular flexibility index (Phi) is 3.63. The van der Waals surface area contributed by atoms with Crippen molar-refractivity contribution >= 4 is 11.0 Å². The van der Waals surface area contributed by atoms with Crippen LogP contribution in [0.1, 0.15) is 37.9 Å². The molecule has 2 heterocycles. The van der Waals surface area contributed by atoms with Gasteiger partial charge in [-0.1, -0.05) is 6.07 Å². The minimum absolute atomic E-state index is 0.0308. The molecule has 5 nitrogen and oxygen atoms in total. The van der Waals surface area contributed by atoms with E-state index >= 15 is 0 Å². The Balaban J connectivity index is 2.01. The van der Waals surface area contributed by atoms with Gasteiger partial charge in [-0.25, -0.2) is 4.79 Å². The van der Waals surface area contributed by atoms with Crippen molar-refractivity contribution in [1.29, 1.82) is 0 Å². The summed E-state index contributed by atoms with van der Waals surface area (Å²) in [5.41, 5.74) is 8.95. The molecule has 2 atom stereocenters. The van der Waals surface area contributed by atoms with Gasteiger partial charge in [-0.2, -0.15) is 0 Å². The number of imidazole rings is 1. The molecule has 2 unspecified atom stereocenters. The third-order valence-electron chi connectivity index (χ3n) is 4.61. The zero-order valence-electron chi connectivity index (χ0n) is 13.0. The van der Waals surface area contributed by atoms with Crippen molar-refractivity contribution in [2.75, 3.05) is 20.1 Å². The lowest BCUT2D eigenvalue weighted by atomic mass is 9.99. The van der Waals surface area contributed by atoms with Crippen molar-refractivity contribution in [2.45, 2.75) is 32.4 Å². The van der Waals surface area contributed by atoms with Gasteiger partial charge in [0.2, 0.25) is 0 Å². The van der Waals surface area contributed by atoms with E-state index in [9.17, 15) is 4.79 Å². The lowest BCUT2D eigenvalue weighted by Crippen LogP contribution is -2.20. The average molecular weight is 288 g/mol. The molecule has 3 N–H and O–H groups in total. The first-order chi connectivity index (χ1) is 10.0. The summed E-state index contributed by atoms with van der Waals surface area (Å²) < 4.78 is 1.81. The largest absolute Gasteiger partial charge is 0.330 e. The molecule has 114 valence electrons. The molecule has 1 fully saturated rings. The molecule has 1 saturated heterocycles. The number of fused-ring (bicyclic) bond motifs is 1. The molecule has 2 aromatic rings. The van der Waals surface area contributed by atoms with E-state index in [2.05, 4.69) is 35.1 Å². The van der Waals surface area contributed by atoms with Gasteiger partial charge in [0.15, 0.2) is 0 Å². The number of H-pyrrole nitrogens is 1. The van der Waals surface area contributed by atoms with Crippen LogP contribution in [0.25, 0.3) is 11.0 Å².